The molecule has 29 heavy (non-hydrogen) atoms. The summed E-state index contributed by atoms with van der Waals surface area (Å²) in [5, 5.41) is 21.5. The Labute approximate surface area is 165 Å². The number of hydrazone groups is 1. The highest BCUT2D eigenvalue weighted by Crippen LogP contribution is 2.33. The number of H-pyrrole nitrogens is 1. The summed E-state index contributed by atoms with van der Waals surface area (Å²) in [6.45, 7) is 0. The lowest BCUT2D eigenvalue weighted by Crippen LogP contribution is -2.17. The zero-order valence-electron chi connectivity index (χ0n) is 15.6. The van der Waals surface area contributed by atoms with Crippen LogP contribution in [0.15, 0.2) is 53.8 Å². The highest BCUT2D eigenvalue weighted by molar-refractivity contribution is 5.96. The first-order valence-corrected chi connectivity index (χ1v) is 8.37. The highest BCUT2D eigenvalue weighted by Gasteiger charge is 2.13. The van der Waals surface area contributed by atoms with E-state index in [1.165, 1.54) is 30.5 Å². The molecule has 10 heteroatoms. The van der Waals surface area contributed by atoms with Gasteiger partial charge >= 0.3 is 0 Å². The van der Waals surface area contributed by atoms with E-state index in [-0.39, 0.29) is 11.3 Å². The van der Waals surface area contributed by atoms with E-state index < -0.39 is 10.8 Å². The molecule has 148 valence electrons. The Morgan fingerprint density at radius 2 is 1.97 bits per heavy atom. The first-order chi connectivity index (χ1) is 14.0. The molecule has 0 saturated heterocycles. The van der Waals surface area contributed by atoms with E-state index >= 15 is 0 Å². The zero-order chi connectivity index (χ0) is 20.8. The van der Waals surface area contributed by atoms with Gasteiger partial charge in [0.05, 0.1) is 37.2 Å². The number of rotatable bonds is 7. The van der Waals surface area contributed by atoms with Crippen LogP contribution in [0.2, 0.25) is 0 Å². The van der Waals surface area contributed by atoms with Gasteiger partial charge in [0.2, 0.25) is 0 Å². The van der Waals surface area contributed by atoms with Crippen LogP contribution in [-0.4, -0.2) is 41.5 Å². The first-order valence-electron chi connectivity index (χ1n) is 8.37. The van der Waals surface area contributed by atoms with E-state index in [0.717, 1.165) is 5.56 Å². The molecular weight excluding hydrogens is 378 g/mol. The smallest absolute Gasteiger partial charge is 0.271 e. The van der Waals surface area contributed by atoms with Gasteiger partial charge in [-0.05, 0) is 24.3 Å². The predicted molar refractivity (Wildman–Crippen MR) is 105 cm³/mol. The molecule has 3 aromatic rings. The Morgan fingerprint density at radius 1 is 1.21 bits per heavy atom. The van der Waals surface area contributed by atoms with E-state index in [1.807, 2.05) is 6.07 Å². The van der Waals surface area contributed by atoms with Crippen molar-refractivity contribution in [3.05, 3.63) is 69.9 Å². The van der Waals surface area contributed by atoms with Crippen LogP contribution in [0.3, 0.4) is 0 Å². The minimum atomic E-state index is -0.534. The van der Waals surface area contributed by atoms with E-state index in [1.54, 1.807) is 32.5 Å². The number of hydrogen-bond donors (Lipinski definition) is 2. The largest absolute Gasteiger partial charge is 0.497 e. The summed E-state index contributed by atoms with van der Waals surface area (Å²) >= 11 is 0. The van der Waals surface area contributed by atoms with Gasteiger partial charge < -0.3 is 9.47 Å². The molecule has 0 fully saturated rings. The molecule has 0 atom stereocenters. The van der Waals surface area contributed by atoms with Crippen molar-refractivity contribution < 1.29 is 19.2 Å². The molecule has 3 rings (SSSR count). The van der Waals surface area contributed by atoms with Gasteiger partial charge in [0.25, 0.3) is 11.6 Å². The Bertz CT molecular complexity index is 1060. The van der Waals surface area contributed by atoms with Crippen LogP contribution in [-0.2, 0) is 0 Å². The van der Waals surface area contributed by atoms with Gasteiger partial charge in [-0.1, -0.05) is 0 Å². The average molecular weight is 395 g/mol. The topological polar surface area (TPSA) is 132 Å². The van der Waals surface area contributed by atoms with Crippen molar-refractivity contribution in [2.24, 2.45) is 5.10 Å². The molecule has 1 heterocycles. The third-order valence-corrected chi connectivity index (χ3v) is 4.06. The fourth-order valence-corrected chi connectivity index (χ4v) is 2.57. The molecule has 1 amide bonds. The molecule has 0 radical (unpaired) electrons. The standard InChI is InChI=1S/C19H17N5O5/c1-28-15-7-8-16(17(9-15)29-2)18-13(10-20-22-18)11-21-23-19(25)12-3-5-14(6-4-12)24(26)27/h3-11H,1-2H3,(H,20,22)(H,23,25). The zero-order valence-corrected chi connectivity index (χ0v) is 15.6. The summed E-state index contributed by atoms with van der Waals surface area (Å²) in [7, 11) is 3.11. The molecule has 0 bridgehead atoms. The van der Waals surface area contributed by atoms with Gasteiger partial charge in [-0.2, -0.15) is 10.2 Å². The fourth-order valence-electron chi connectivity index (χ4n) is 2.57. The summed E-state index contributed by atoms with van der Waals surface area (Å²) in [5.41, 5.74) is 4.55. The highest BCUT2D eigenvalue weighted by atomic mass is 16.6. The van der Waals surface area contributed by atoms with Crippen molar-refractivity contribution in [3.8, 4) is 22.8 Å². The number of nitrogens with one attached hydrogen (secondary N) is 2. The second-order valence-electron chi connectivity index (χ2n) is 5.77. The van der Waals surface area contributed by atoms with E-state index in [9.17, 15) is 14.9 Å². The molecule has 0 aliphatic rings. The number of nitro benzene ring substituents is 1. The average Bonchev–Trinajstić information content (AvgIpc) is 3.21. The number of amides is 1. The number of non-ortho nitro benzene ring substituents is 1. The number of ether oxygens (including phenoxy) is 2. The van der Waals surface area contributed by atoms with Gasteiger partial charge in [0.15, 0.2) is 0 Å². The van der Waals surface area contributed by atoms with Crippen molar-refractivity contribution in [1.29, 1.82) is 0 Å². The number of aromatic amines is 1. The van der Waals surface area contributed by atoms with Crippen molar-refractivity contribution in [2.45, 2.75) is 0 Å². The van der Waals surface area contributed by atoms with E-state index in [2.05, 4.69) is 20.7 Å². The van der Waals surface area contributed by atoms with Crippen LogP contribution < -0.4 is 14.9 Å². The Balaban J connectivity index is 1.75. The van der Waals surface area contributed by atoms with Gasteiger partial charge in [-0.25, -0.2) is 5.43 Å². The summed E-state index contributed by atoms with van der Waals surface area (Å²) in [5.74, 6) is 0.733. The molecule has 0 aliphatic heterocycles. The number of benzene rings is 2. The van der Waals surface area contributed by atoms with Crippen LogP contribution >= 0.6 is 0 Å². The van der Waals surface area contributed by atoms with Crippen LogP contribution in [0.4, 0.5) is 5.69 Å². The van der Waals surface area contributed by atoms with Crippen molar-refractivity contribution in [3.63, 3.8) is 0 Å². The molecule has 2 N–H and O–H groups in total. The molecule has 0 aliphatic carbocycles. The molecule has 0 saturated carbocycles. The number of nitro groups is 1. The molecule has 0 unspecified atom stereocenters. The quantitative estimate of drug-likeness (QED) is 0.359. The number of nitrogens with zero attached hydrogens (tertiary/aromatic N) is 3. The lowest BCUT2D eigenvalue weighted by Gasteiger charge is -2.09. The second-order valence-corrected chi connectivity index (χ2v) is 5.77. The molecule has 2 aromatic carbocycles. The lowest BCUT2D eigenvalue weighted by molar-refractivity contribution is -0.384. The maximum absolute atomic E-state index is 12.1. The normalized spacial score (nSPS) is 10.7. The predicted octanol–water partition coefficient (Wildman–Crippen LogP) is 2.77. The number of carbonyl (C=O) groups excluding carboxylic acids is 1. The van der Waals surface area contributed by atoms with Crippen molar-refractivity contribution >= 4 is 17.8 Å². The molecule has 0 spiro atoms. The summed E-state index contributed by atoms with van der Waals surface area (Å²) in [6.07, 6.45) is 2.99. The number of hydrogen-bond acceptors (Lipinski definition) is 7. The monoisotopic (exact) mass is 395 g/mol. The van der Waals surface area contributed by atoms with Gasteiger partial charge in [-0.15, -0.1) is 0 Å². The lowest BCUT2D eigenvalue weighted by atomic mass is 10.1. The minimum absolute atomic E-state index is 0.0958. The van der Waals surface area contributed by atoms with Crippen molar-refractivity contribution in [2.75, 3.05) is 14.2 Å². The third-order valence-electron chi connectivity index (χ3n) is 4.06. The number of methoxy groups -OCH3 is 2. The Hall–Kier alpha value is -4.21. The first kappa shape index (κ1) is 19.5. The van der Waals surface area contributed by atoms with Gasteiger partial charge in [0, 0.05) is 34.9 Å². The van der Waals surface area contributed by atoms with Crippen LogP contribution in [0.5, 0.6) is 11.5 Å². The molecule has 1 aromatic heterocycles. The minimum Gasteiger partial charge on any atom is -0.497 e. The maximum Gasteiger partial charge on any atom is 0.271 e. The number of aromatic nitrogens is 2. The van der Waals surface area contributed by atoms with E-state index in [0.29, 0.717) is 22.8 Å². The van der Waals surface area contributed by atoms with Crippen LogP contribution in [0.25, 0.3) is 11.3 Å². The van der Waals surface area contributed by atoms with Crippen molar-refractivity contribution in [1.82, 2.24) is 15.6 Å². The van der Waals surface area contributed by atoms with Crippen LogP contribution in [0.1, 0.15) is 15.9 Å². The Morgan fingerprint density at radius 3 is 2.62 bits per heavy atom. The number of carbonyl (C=O) groups is 1. The third kappa shape index (κ3) is 4.38. The maximum atomic E-state index is 12.1. The summed E-state index contributed by atoms with van der Waals surface area (Å²) in [4.78, 5) is 22.3. The van der Waals surface area contributed by atoms with Gasteiger partial charge in [0.1, 0.15) is 11.5 Å². The van der Waals surface area contributed by atoms with Crippen LogP contribution in [0, 0.1) is 10.1 Å². The SMILES string of the molecule is COc1ccc(-c2[nH]ncc2C=NNC(=O)c2ccc([N+](=O)[O-])cc2)c(OC)c1. The summed E-state index contributed by atoms with van der Waals surface area (Å²) in [6, 6.07) is 10.6. The van der Waals surface area contributed by atoms with E-state index in [4.69, 9.17) is 9.47 Å². The second kappa shape index (κ2) is 8.65. The molecular formula is C19H17N5O5. The van der Waals surface area contributed by atoms with Gasteiger partial charge in [-0.3, -0.25) is 20.0 Å². The Kier molecular flexibility index (Phi) is 5.83. The summed E-state index contributed by atoms with van der Waals surface area (Å²) < 4.78 is 10.6. The molecule has 10 nitrogen and oxygen atoms in total. The fraction of sp³-hybridized carbons (Fsp3) is 0.105.